The molecule has 98 valence electrons. The molecule has 2 aliphatic rings. The van der Waals surface area contributed by atoms with Crippen LogP contribution in [-0.4, -0.2) is 29.0 Å². The van der Waals surface area contributed by atoms with Crippen LogP contribution in [0.15, 0.2) is 18.3 Å². The van der Waals surface area contributed by atoms with Gasteiger partial charge in [-0.1, -0.05) is 19.4 Å². The van der Waals surface area contributed by atoms with Crippen molar-refractivity contribution < 1.29 is 0 Å². The number of piperidine rings is 1. The lowest BCUT2D eigenvalue weighted by Crippen LogP contribution is -2.33. The van der Waals surface area contributed by atoms with Crippen LogP contribution in [0.4, 0.5) is 5.82 Å². The molecule has 3 rings (SSSR count). The first-order valence-electron chi connectivity index (χ1n) is 7.34. The molecular formula is C15H23N3. The number of rotatable bonds is 4. The lowest BCUT2D eigenvalue weighted by molar-refractivity contribution is 0.157. The Hall–Kier alpha value is -1.09. The van der Waals surface area contributed by atoms with E-state index in [0.717, 1.165) is 12.4 Å². The van der Waals surface area contributed by atoms with Crippen molar-refractivity contribution in [2.45, 2.75) is 51.1 Å². The Bertz CT molecular complexity index is 400. The Morgan fingerprint density at radius 1 is 1.33 bits per heavy atom. The van der Waals surface area contributed by atoms with Crippen LogP contribution in [0.2, 0.25) is 0 Å². The Labute approximate surface area is 110 Å². The highest BCUT2D eigenvalue weighted by Gasteiger charge is 2.27. The highest BCUT2D eigenvalue weighted by molar-refractivity contribution is 5.47. The van der Waals surface area contributed by atoms with Gasteiger partial charge in [0.2, 0.25) is 0 Å². The molecule has 0 radical (unpaired) electrons. The van der Waals surface area contributed by atoms with Gasteiger partial charge in [-0.15, -0.1) is 0 Å². The molecule has 1 N–H and O–H groups in total. The molecule has 0 aromatic carbocycles. The Balaban J connectivity index is 1.84. The van der Waals surface area contributed by atoms with Crippen molar-refractivity contribution in [3.8, 4) is 0 Å². The van der Waals surface area contributed by atoms with Gasteiger partial charge in [0.15, 0.2) is 0 Å². The van der Waals surface area contributed by atoms with E-state index >= 15 is 0 Å². The van der Waals surface area contributed by atoms with E-state index in [9.17, 15) is 0 Å². The largest absolute Gasteiger partial charge is 0.367 e. The fourth-order valence-corrected chi connectivity index (χ4v) is 2.95. The van der Waals surface area contributed by atoms with Crippen molar-refractivity contribution in [2.24, 2.45) is 0 Å². The predicted octanol–water partition coefficient (Wildman–Crippen LogP) is 3.20. The molecule has 1 atom stereocenters. The smallest absolute Gasteiger partial charge is 0.130 e. The highest BCUT2D eigenvalue weighted by atomic mass is 15.2. The third-order valence-corrected chi connectivity index (χ3v) is 4.14. The van der Waals surface area contributed by atoms with E-state index in [1.54, 1.807) is 0 Å². The first kappa shape index (κ1) is 12.0. The molecule has 0 amide bonds. The van der Waals surface area contributed by atoms with Gasteiger partial charge in [0.1, 0.15) is 5.82 Å². The van der Waals surface area contributed by atoms with Gasteiger partial charge in [-0.25, -0.2) is 4.98 Å². The molecule has 2 fully saturated rings. The standard InChI is InChI=1S/C15H23N3/c1-2-18-11-4-3-7-14(18)13-6-5-10-16-15(13)17-12-8-9-12/h5-6,10,12,14H,2-4,7-9,11H2,1H3,(H,16,17). The maximum Gasteiger partial charge on any atom is 0.130 e. The molecule has 1 aromatic heterocycles. The van der Waals surface area contributed by atoms with E-state index in [4.69, 9.17) is 0 Å². The third-order valence-electron chi connectivity index (χ3n) is 4.14. The number of hydrogen-bond donors (Lipinski definition) is 1. The fraction of sp³-hybridized carbons (Fsp3) is 0.667. The molecule has 1 unspecified atom stereocenters. The summed E-state index contributed by atoms with van der Waals surface area (Å²) >= 11 is 0. The maximum absolute atomic E-state index is 4.57. The van der Waals surface area contributed by atoms with Gasteiger partial charge in [-0.3, -0.25) is 4.90 Å². The Morgan fingerprint density at radius 3 is 3.00 bits per heavy atom. The average molecular weight is 245 g/mol. The van der Waals surface area contributed by atoms with Gasteiger partial charge in [-0.2, -0.15) is 0 Å². The van der Waals surface area contributed by atoms with Crippen LogP contribution in [0.25, 0.3) is 0 Å². The SMILES string of the molecule is CCN1CCCCC1c1cccnc1NC1CC1. The van der Waals surface area contributed by atoms with Crippen LogP contribution >= 0.6 is 0 Å². The molecule has 3 nitrogen and oxygen atoms in total. The number of aromatic nitrogens is 1. The second-order valence-electron chi connectivity index (χ2n) is 5.50. The number of pyridine rings is 1. The molecule has 1 aliphatic heterocycles. The Morgan fingerprint density at radius 2 is 2.22 bits per heavy atom. The normalized spacial score (nSPS) is 25.1. The highest BCUT2D eigenvalue weighted by Crippen LogP contribution is 2.35. The number of anilines is 1. The van der Waals surface area contributed by atoms with E-state index in [1.165, 1.54) is 44.2 Å². The number of likely N-dealkylation sites (tertiary alicyclic amines) is 1. The second-order valence-corrected chi connectivity index (χ2v) is 5.50. The van der Waals surface area contributed by atoms with Crippen LogP contribution in [0.1, 0.15) is 50.6 Å². The van der Waals surface area contributed by atoms with Crippen molar-refractivity contribution in [3.63, 3.8) is 0 Å². The first-order valence-corrected chi connectivity index (χ1v) is 7.34. The fourth-order valence-electron chi connectivity index (χ4n) is 2.95. The Kier molecular flexibility index (Phi) is 3.50. The quantitative estimate of drug-likeness (QED) is 0.883. The first-order chi connectivity index (χ1) is 8.88. The van der Waals surface area contributed by atoms with Crippen molar-refractivity contribution >= 4 is 5.82 Å². The van der Waals surface area contributed by atoms with Crippen molar-refractivity contribution in [2.75, 3.05) is 18.4 Å². The minimum absolute atomic E-state index is 0.568. The molecule has 18 heavy (non-hydrogen) atoms. The molecule has 0 spiro atoms. The molecule has 1 saturated carbocycles. The van der Waals surface area contributed by atoms with E-state index in [0.29, 0.717) is 12.1 Å². The topological polar surface area (TPSA) is 28.2 Å². The van der Waals surface area contributed by atoms with Crippen LogP contribution in [-0.2, 0) is 0 Å². The van der Waals surface area contributed by atoms with E-state index in [2.05, 4.69) is 34.3 Å². The summed E-state index contributed by atoms with van der Waals surface area (Å²) in [5.41, 5.74) is 1.41. The van der Waals surface area contributed by atoms with Gasteiger partial charge in [-0.05, 0) is 44.8 Å². The van der Waals surface area contributed by atoms with E-state index in [-0.39, 0.29) is 0 Å². The summed E-state index contributed by atoms with van der Waals surface area (Å²) in [5.74, 6) is 1.13. The summed E-state index contributed by atoms with van der Waals surface area (Å²) in [6, 6.07) is 5.59. The zero-order chi connectivity index (χ0) is 12.4. The maximum atomic E-state index is 4.57. The molecule has 0 bridgehead atoms. The molecule has 3 heteroatoms. The monoisotopic (exact) mass is 245 g/mol. The van der Waals surface area contributed by atoms with Crippen LogP contribution in [0, 0.1) is 0 Å². The van der Waals surface area contributed by atoms with Crippen LogP contribution in [0.3, 0.4) is 0 Å². The van der Waals surface area contributed by atoms with Gasteiger partial charge in [0, 0.05) is 23.8 Å². The summed E-state index contributed by atoms with van der Waals surface area (Å²) in [5, 5.41) is 3.59. The minimum Gasteiger partial charge on any atom is -0.367 e. The van der Waals surface area contributed by atoms with Crippen LogP contribution in [0.5, 0.6) is 0 Å². The van der Waals surface area contributed by atoms with E-state index < -0.39 is 0 Å². The van der Waals surface area contributed by atoms with Crippen molar-refractivity contribution in [1.82, 2.24) is 9.88 Å². The van der Waals surface area contributed by atoms with E-state index in [1.807, 2.05) is 6.20 Å². The zero-order valence-electron chi connectivity index (χ0n) is 11.2. The number of nitrogens with one attached hydrogen (secondary N) is 1. The molecule has 1 aromatic rings. The van der Waals surface area contributed by atoms with Gasteiger partial charge >= 0.3 is 0 Å². The van der Waals surface area contributed by atoms with Crippen LogP contribution < -0.4 is 5.32 Å². The zero-order valence-corrected chi connectivity index (χ0v) is 11.2. The third kappa shape index (κ3) is 2.51. The lowest BCUT2D eigenvalue weighted by Gasteiger charge is -2.35. The lowest BCUT2D eigenvalue weighted by atomic mass is 9.95. The summed E-state index contributed by atoms with van der Waals surface area (Å²) in [6.45, 7) is 4.64. The summed E-state index contributed by atoms with van der Waals surface area (Å²) < 4.78 is 0. The molecule has 1 aliphatic carbocycles. The summed E-state index contributed by atoms with van der Waals surface area (Å²) in [7, 11) is 0. The molecular weight excluding hydrogens is 222 g/mol. The predicted molar refractivity (Wildman–Crippen MR) is 74.7 cm³/mol. The van der Waals surface area contributed by atoms with Crippen molar-refractivity contribution in [3.05, 3.63) is 23.9 Å². The number of nitrogens with zero attached hydrogens (tertiary/aromatic N) is 2. The van der Waals surface area contributed by atoms with Gasteiger partial charge < -0.3 is 5.32 Å². The molecule has 2 heterocycles. The summed E-state index contributed by atoms with van der Waals surface area (Å²) in [4.78, 5) is 7.16. The van der Waals surface area contributed by atoms with Gasteiger partial charge in [0.05, 0.1) is 0 Å². The second kappa shape index (κ2) is 5.27. The van der Waals surface area contributed by atoms with Crippen molar-refractivity contribution in [1.29, 1.82) is 0 Å². The minimum atomic E-state index is 0.568. The summed E-state index contributed by atoms with van der Waals surface area (Å²) in [6.07, 6.45) is 8.48. The number of hydrogen-bond acceptors (Lipinski definition) is 3. The average Bonchev–Trinajstić information content (AvgIpc) is 3.23. The molecule has 1 saturated heterocycles. The van der Waals surface area contributed by atoms with Gasteiger partial charge in [0.25, 0.3) is 0 Å².